The Balaban J connectivity index is 2.44. The van der Waals surface area contributed by atoms with E-state index in [1.807, 2.05) is 6.07 Å². The molecule has 0 aliphatic rings. The topological polar surface area (TPSA) is 74.2 Å². The maximum absolute atomic E-state index is 10.6. The Labute approximate surface area is 107 Å². The zero-order chi connectivity index (χ0) is 13.4. The Morgan fingerprint density at radius 1 is 1.44 bits per heavy atom. The van der Waals surface area contributed by atoms with Crippen LogP contribution in [0.3, 0.4) is 0 Å². The van der Waals surface area contributed by atoms with E-state index < -0.39 is 0 Å². The van der Waals surface area contributed by atoms with Gasteiger partial charge in [-0.05, 0) is 17.7 Å². The van der Waals surface area contributed by atoms with Gasteiger partial charge in [0.2, 0.25) is 5.91 Å². The summed E-state index contributed by atoms with van der Waals surface area (Å²) in [7, 11) is 1.54. The summed E-state index contributed by atoms with van der Waals surface area (Å²) < 4.78 is 5.07. The number of amides is 1. The van der Waals surface area contributed by atoms with Gasteiger partial charge >= 0.3 is 0 Å². The number of nitrogens with one attached hydrogen (secondary N) is 2. The van der Waals surface area contributed by atoms with Gasteiger partial charge in [0.15, 0.2) is 0 Å². The highest BCUT2D eigenvalue weighted by atomic mass is 16.5. The summed E-state index contributed by atoms with van der Waals surface area (Å²) in [4.78, 5) is 10.6. The Hall–Kier alpha value is -2.06. The fourth-order valence-electron chi connectivity index (χ4n) is 1.51. The molecular formula is C13H17N3O2. The van der Waals surface area contributed by atoms with Crippen molar-refractivity contribution in [2.45, 2.75) is 13.5 Å². The van der Waals surface area contributed by atoms with Crippen molar-refractivity contribution in [2.24, 2.45) is 0 Å². The minimum atomic E-state index is -0.0342. The lowest BCUT2D eigenvalue weighted by molar-refractivity contribution is -0.118. The second kappa shape index (κ2) is 7.30. The molecule has 1 aromatic rings. The number of methoxy groups -OCH3 is 1. The molecule has 0 radical (unpaired) electrons. The summed E-state index contributed by atoms with van der Waals surface area (Å²) in [6.07, 6.45) is 0. The van der Waals surface area contributed by atoms with E-state index >= 15 is 0 Å². The third-order valence-electron chi connectivity index (χ3n) is 2.39. The van der Waals surface area contributed by atoms with E-state index in [-0.39, 0.29) is 5.91 Å². The molecule has 2 N–H and O–H groups in total. The van der Waals surface area contributed by atoms with Crippen LogP contribution in [0.25, 0.3) is 0 Å². The molecule has 5 nitrogen and oxygen atoms in total. The first-order valence-electron chi connectivity index (χ1n) is 5.69. The maximum atomic E-state index is 10.6. The molecule has 5 heteroatoms. The molecule has 0 heterocycles. The smallest absolute Gasteiger partial charge is 0.216 e. The van der Waals surface area contributed by atoms with Crippen molar-refractivity contribution in [3.05, 3.63) is 29.3 Å². The summed E-state index contributed by atoms with van der Waals surface area (Å²) >= 11 is 0. The average molecular weight is 247 g/mol. The van der Waals surface area contributed by atoms with Crippen LogP contribution in [-0.4, -0.2) is 26.1 Å². The van der Waals surface area contributed by atoms with Gasteiger partial charge in [-0.15, -0.1) is 0 Å². The van der Waals surface area contributed by atoms with E-state index in [1.54, 1.807) is 19.2 Å². The number of rotatable bonds is 6. The van der Waals surface area contributed by atoms with Gasteiger partial charge in [-0.25, -0.2) is 0 Å². The first-order chi connectivity index (χ1) is 8.67. The van der Waals surface area contributed by atoms with E-state index in [1.165, 1.54) is 6.92 Å². The number of hydrogen-bond donors (Lipinski definition) is 2. The van der Waals surface area contributed by atoms with Gasteiger partial charge in [-0.2, -0.15) is 5.26 Å². The summed E-state index contributed by atoms with van der Waals surface area (Å²) in [6, 6.07) is 7.58. The van der Waals surface area contributed by atoms with Crippen LogP contribution < -0.4 is 15.4 Å². The van der Waals surface area contributed by atoms with E-state index in [4.69, 9.17) is 10.00 Å². The largest absolute Gasteiger partial charge is 0.495 e. The van der Waals surface area contributed by atoms with Crippen LogP contribution in [-0.2, 0) is 11.3 Å². The van der Waals surface area contributed by atoms with Gasteiger partial charge in [0.1, 0.15) is 11.8 Å². The van der Waals surface area contributed by atoms with Crippen molar-refractivity contribution in [3.63, 3.8) is 0 Å². The molecule has 0 bridgehead atoms. The summed E-state index contributed by atoms with van der Waals surface area (Å²) in [5.74, 6) is 0.549. The lowest BCUT2D eigenvalue weighted by atomic mass is 10.1. The van der Waals surface area contributed by atoms with Crippen molar-refractivity contribution in [3.8, 4) is 11.8 Å². The van der Waals surface area contributed by atoms with Crippen molar-refractivity contribution in [2.75, 3.05) is 20.2 Å². The summed E-state index contributed by atoms with van der Waals surface area (Å²) in [6.45, 7) is 3.42. The third-order valence-corrected chi connectivity index (χ3v) is 2.39. The molecule has 18 heavy (non-hydrogen) atoms. The number of benzene rings is 1. The van der Waals surface area contributed by atoms with Crippen LogP contribution in [0.4, 0.5) is 0 Å². The number of hydrogen-bond acceptors (Lipinski definition) is 4. The first kappa shape index (κ1) is 14.0. The van der Waals surface area contributed by atoms with Crippen molar-refractivity contribution < 1.29 is 9.53 Å². The van der Waals surface area contributed by atoms with Crippen LogP contribution in [0.5, 0.6) is 5.75 Å². The molecule has 1 aromatic carbocycles. The average Bonchev–Trinajstić information content (AvgIpc) is 2.37. The Morgan fingerprint density at radius 3 is 2.83 bits per heavy atom. The predicted octanol–water partition coefficient (Wildman–Crippen LogP) is 0.793. The molecule has 0 atom stereocenters. The third kappa shape index (κ3) is 4.44. The Morgan fingerprint density at radius 2 is 2.22 bits per heavy atom. The standard InChI is InChI=1S/C13H17N3O2/c1-10(17)16-6-5-15-9-11-3-4-13(18-2)12(7-11)8-14/h3-4,7,15H,5-6,9H2,1-2H3,(H,16,17). The number of nitriles is 1. The van der Waals surface area contributed by atoms with Gasteiger partial charge in [-0.3, -0.25) is 4.79 Å². The van der Waals surface area contributed by atoms with E-state index in [9.17, 15) is 4.79 Å². The minimum Gasteiger partial charge on any atom is -0.495 e. The molecule has 96 valence electrons. The van der Waals surface area contributed by atoms with Crippen LogP contribution in [0.1, 0.15) is 18.1 Å². The minimum absolute atomic E-state index is 0.0342. The zero-order valence-corrected chi connectivity index (χ0v) is 10.6. The molecule has 0 fully saturated rings. The van der Waals surface area contributed by atoms with Gasteiger partial charge in [-0.1, -0.05) is 6.07 Å². The fourth-order valence-corrected chi connectivity index (χ4v) is 1.51. The van der Waals surface area contributed by atoms with E-state index in [0.717, 1.165) is 5.56 Å². The predicted molar refractivity (Wildman–Crippen MR) is 68.1 cm³/mol. The fraction of sp³-hybridized carbons (Fsp3) is 0.385. The molecule has 0 aromatic heterocycles. The molecule has 0 saturated carbocycles. The molecule has 0 saturated heterocycles. The Kier molecular flexibility index (Phi) is 5.68. The molecule has 0 aliphatic carbocycles. The number of carbonyl (C=O) groups excluding carboxylic acids is 1. The van der Waals surface area contributed by atoms with Gasteiger partial charge < -0.3 is 15.4 Å². The molecule has 0 spiro atoms. The lowest BCUT2D eigenvalue weighted by Crippen LogP contribution is -2.29. The Bertz CT molecular complexity index is 452. The van der Waals surface area contributed by atoms with E-state index in [2.05, 4.69) is 16.7 Å². The summed E-state index contributed by atoms with van der Waals surface area (Å²) in [5.41, 5.74) is 1.54. The molecule has 0 aliphatic heterocycles. The second-order valence-corrected chi connectivity index (χ2v) is 3.81. The van der Waals surface area contributed by atoms with Crippen LogP contribution in [0.15, 0.2) is 18.2 Å². The number of ether oxygens (including phenoxy) is 1. The summed E-state index contributed by atoms with van der Waals surface area (Å²) in [5, 5.41) is 14.8. The van der Waals surface area contributed by atoms with Gasteiger partial charge in [0, 0.05) is 26.6 Å². The number of carbonyl (C=O) groups is 1. The van der Waals surface area contributed by atoms with E-state index in [0.29, 0.717) is 30.9 Å². The first-order valence-corrected chi connectivity index (χ1v) is 5.69. The molecule has 1 amide bonds. The molecule has 1 rings (SSSR count). The van der Waals surface area contributed by atoms with Crippen LogP contribution in [0, 0.1) is 11.3 Å². The van der Waals surface area contributed by atoms with Crippen molar-refractivity contribution in [1.82, 2.24) is 10.6 Å². The number of nitrogens with zero attached hydrogens (tertiary/aromatic N) is 1. The zero-order valence-electron chi connectivity index (χ0n) is 10.6. The van der Waals surface area contributed by atoms with Crippen LogP contribution in [0.2, 0.25) is 0 Å². The SMILES string of the molecule is COc1ccc(CNCCNC(C)=O)cc1C#N. The lowest BCUT2D eigenvalue weighted by Gasteiger charge is -2.07. The molecular weight excluding hydrogens is 230 g/mol. The van der Waals surface area contributed by atoms with Crippen LogP contribution >= 0.6 is 0 Å². The van der Waals surface area contributed by atoms with Crippen molar-refractivity contribution >= 4 is 5.91 Å². The maximum Gasteiger partial charge on any atom is 0.216 e. The monoisotopic (exact) mass is 247 g/mol. The van der Waals surface area contributed by atoms with Gasteiger partial charge in [0.25, 0.3) is 0 Å². The second-order valence-electron chi connectivity index (χ2n) is 3.81. The normalized spacial score (nSPS) is 9.61. The quantitative estimate of drug-likeness (QED) is 0.729. The highest BCUT2D eigenvalue weighted by molar-refractivity contribution is 5.72. The van der Waals surface area contributed by atoms with Crippen molar-refractivity contribution in [1.29, 1.82) is 5.26 Å². The molecule has 0 unspecified atom stereocenters. The highest BCUT2D eigenvalue weighted by Crippen LogP contribution is 2.18. The highest BCUT2D eigenvalue weighted by Gasteiger charge is 2.03. The van der Waals surface area contributed by atoms with Gasteiger partial charge in [0.05, 0.1) is 12.7 Å².